The number of sulfonamides is 1. The van der Waals surface area contributed by atoms with Crippen molar-refractivity contribution in [1.82, 2.24) is 5.32 Å². The van der Waals surface area contributed by atoms with Crippen LogP contribution in [0.25, 0.3) is 0 Å². The van der Waals surface area contributed by atoms with Gasteiger partial charge >= 0.3 is 0 Å². The van der Waals surface area contributed by atoms with Gasteiger partial charge in [0.2, 0.25) is 15.9 Å². The molecule has 1 amide bonds. The summed E-state index contributed by atoms with van der Waals surface area (Å²) in [5.74, 6) is -0.362. The smallest absolute Gasteiger partial charge is 0.243 e. The van der Waals surface area contributed by atoms with Crippen molar-refractivity contribution in [1.29, 1.82) is 0 Å². The summed E-state index contributed by atoms with van der Waals surface area (Å²) in [6, 6.07) is 4.42. The number of anilines is 1. The Balaban J connectivity index is 3.14. The Hall–Kier alpha value is -1.60. The maximum absolute atomic E-state index is 12.4. The summed E-state index contributed by atoms with van der Waals surface area (Å²) in [5.41, 5.74) is 2.37. The number of nitrogens with zero attached hydrogens (tertiary/aromatic N) is 1. The molecular formula is C16H26N2O4S. The number of amides is 1. The van der Waals surface area contributed by atoms with E-state index in [-0.39, 0.29) is 11.9 Å². The fourth-order valence-corrected chi connectivity index (χ4v) is 3.70. The highest BCUT2D eigenvalue weighted by Crippen LogP contribution is 2.23. The molecule has 0 aliphatic carbocycles. The van der Waals surface area contributed by atoms with Gasteiger partial charge in [-0.25, -0.2) is 8.42 Å². The molecule has 23 heavy (non-hydrogen) atoms. The normalized spacial score (nSPS) is 14.2. The quantitative estimate of drug-likeness (QED) is 0.817. The van der Waals surface area contributed by atoms with Crippen LogP contribution < -0.4 is 9.62 Å². The third-order valence-corrected chi connectivity index (χ3v) is 4.60. The van der Waals surface area contributed by atoms with Crippen LogP contribution in [-0.4, -0.2) is 46.4 Å². The zero-order valence-electron chi connectivity index (χ0n) is 14.6. The average molecular weight is 342 g/mol. The van der Waals surface area contributed by atoms with E-state index in [1.165, 1.54) is 0 Å². The van der Waals surface area contributed by atoms with Gasteiger partial charge in [0.25, 0.3) is 0 Å². The van der Waals surface area contributed by atoms with Crippen molar-refractivity contribution in [3.8, 4) is 0 Å². The van der Waals surface area contributed by atoms with E-state index in [1.807, 2.05) is 19.9 Å². The molecular weight excluding hydrogens is 316 g/mol. The number of nitrogens with one attached hydrogen (secondary N) is 1. The number of rotatable bonds is 7. The summed E-state index contributed by atoms with van der Waals surface area (Å²) in [4.78, 5) is 12.4. The Labute approximate surface area is 138 Å². The van der Waals surface area contributed by atoms with Crippen LogP contribution in [0.5, 0.6) is 0 Å². The van der Waals surface area contributed by atoms with E-state index in [1.54, 1.807) is 33.1 Å². The largest absolute Gasteiger partial charge is 0.383 e. The van der Waals surface area contributed by atoms with Crippen LogP contribution >= 0.6 is 0 Å². The molecule has 6 nitrogen and oxygen atoms in total. The van der Waals surface area contributed by atoms with Gasteiger partial charge in [-0.1, -0.05) is 6.07 Å². The van der Waals surface area contributed by atoms with E-state index in [4.69, 9.17) is 4.74 Å². The molecule has 0 saturated carbocycles. The van der Waals surface area contributed by atoms with Crippen LogP contribution in [-0.2, 0) is 19.6 Å². The zero-order chi connectivity index (χ0) is 17.8. The molecule has 1 N–H and O–H groups in total. The highest BCUT2D eigenvalue weighted by atomic mass is 32.2. The molecule has 130 valence electrons. The zero-order valence-corrected chi connectivity index (χ0v) is 15.4. The Morgan fingerprint density at radius 3 is 2.17 bits per heavy atom. The molecule has 0 fully saturated rings. The molecule has 2 atom stereocenters. The second kappa shape index (κ2) is 7.79. The number of ether oxygens (including phenoxy) is 1. The SMILES string of the molecule is COC[C@@H](C)NC(=O)[C@H](C)N(c1cc(C)cc(C)c1)S(C)(=O)=O. The molecule has 0 aliphatic rings. The van der Waals surface area contributed by atoms with Crippen molar-refractivity contribution < 1.29 is 17.9 Å². The van der Waals surface area contributed by atoms with Crippen LogP contribution in [0.15, 0.2) is 18.2 Å². The topological polar surface area (TPSA) is 75.7 Å². The monoisotopic (exact) mass is 342 g/mol. The Morgan fingerprint density at radius 1 is 1.22 bits per heavy atom. The summed E-state index contributed by atoms with van der Waals surface area (Å²) in [6.45, 7) is 7.52. The summed E-state index contributed by atoms with van der Waals surface area (Å²) < 4.78 is 30.6. The van der Waals surface area contributed by atoms with Gasteiger partial charge in [0.15, 0.2) is 0 Å². The molecule has 0 unspecified atom stereocenters. The van der Waals surface area contributed by atoms with E-state index in [0.29, 0.717) is 12.3 Å². The first-order valence-electron chi connectivity index (χ1n) is 7.43. The molecule has 0 heterocycles. The van der Waals surface area contributed by atoms with Gasteiger partial charge in [0.1, 0.15) is 6.04 Å². The molecule has 0 aromatic heterocycles. The van der Waals surface area contributed by atoms with E-state index < -0.39 is 16.1 Å². The number of carbonyl (C=O) groups excluding carboxylic acids is 1. The van der Waals surface area contributed by atoms with Crippen molar-refractivity contribution in [2.75, 3.05) is 24.3 Å². The lowest BCUT2D eigenvalue weighted by Gasteiger charge is -2.29. The minimum Gasteiger partial charge on any atom is -0.383 e. The third-order valence-electron chi connectivity index (χ3n) is 3.35. The van der Waals surface area contributed by atoms with E-state index in [0.717, 1.165) is 21.7 Å². The molecule has 0 radical (unpaired) electrons. The molecule has 0 bridgehead atoms. The first kappa shape index (κ1) is 19.4. The number of aryl methyl sites for hydroxylation is 2. The molecule has 7 heteroatoms. The minimum absolute atomic E-state index is 0.199. The predicted molar refractivity (Wildman–Crippen MR) is 92.2 cm³/mol. The molecule has 0 saturated heterocycles. The van der Waals surface area contributed by atoms with Crippen molar-refractivity contribution in [2.24, 2.45) is 0 Å². The van der Waals surface area contributed by atoms with Gasteiger partial charge in [0, 0.05) is 13.2 Å². The number of benzene rings is 1. The van der Waals surface area contributed by atoms with E-state index in [2.05, 4.69) is 5.32 Å². The van der Waals surface area contributed by atoms with Gasteiger partial charge in [-0.2, -0.15) is 0 Å². The molecule has 1 rings (SSSR count). The Morgan fingerprint density at radius 2 is 1.74 bits per heavy atom. The van der Waals surface area contributed by atoms with Crippen LogP contribution in [0.1, 0.15) is 25.0 Å². The lowest BCUT2D eigenvalue weighted by Crippen LogP contribution is -2.50. The molecule has 1 aromatic rings. The highest BCUT2D eigenvalue weighted by Gasteiger charge is 2.29. The molecule has 0 spiro atoms. The van der Waals surface area contributed by atoms with Crippen LogP contribution in [0.3, 0.4) is 0 Å². The third kappa shape index (κ3) is 5.51. The average Bonchev–Trinajstić information content (AvgIpc) is 2.35. The van der Waals surface area contributed by atoms with Gasteiger partial charge in [-0.05, 0) is 51.0 Å². The van der Waals surface area contributed by atoms with Crippen molar-refractivity contribution >= 4 is 21.6 Å². The van der Waals surface area contributed by atoms with Crippen LogP contribution in [0.4, 0.5) is 5.69 Å². The highest BCUT2D eigenvalue weighted by molar-refractivity contribution is 7.92. The van der Waals surface area contributed by atoms with E-state index >= 15 is 0 Å². The lowest BCUT2D eigenvalue weighted by atomic mass is 10.1. The van der Waals surface area contributed by atoms with Gasteiger partial charge in [-0.15, -0.1) is 0 Å². The van der Waals surface area contributed by atoms with Crippen molar-refractivity contribution in [2.45, 2.75) is 39.8 Å². The number of carbonyl (C=O) groups is 1. The predicted octanol–water partition coefficient (Wildman–Crippen LogP) is 1.61. The Bertz CT molecular complexity index is 638. The van der Waals surface area contributed by atoms with Crippen molar-refractivity contribution in [3.05, 3.63) is 29.3 Å². The first-order chi connectivity index (χ1) is 10.6. The molecule has 0 aliphatic heterocycles. The second-order valence-electron chi connectivity index (χ2n) is 5.95. The number of hydrogen-bond acceptors (Lipinski definition) is 4. The molecule has 1 aromatic carbocycles. The standard InChI is InChI=1S/C16H26N2O4S/c1-11-7-12(2)9-15(8-11)18(23(6,20)21)14(4)16(19)17-13(3)10-22-5/h7-9,13-14H,10H2,1-6H3,(H,17,19)/t13-,14+/m1/s1. The summed E-state index contributed by atoms with van der Waals surface area (Å²) >= 11 is 0. The second-order valence-corrected chi connectivity index (χ2v) is 7.81. The van der Waals surface area contributed by atoms with Crippen molar-refractivity contribution in [3.63, 3.8) is 0 Å². The summed E-state index contributed by atoms with van der Waals surface area (Å²) in [7, 11) is -2.06. The summed E-state index contributed by atoms with van der Waals surface area (Å²) in [6.07, 6.45) is 1.10. The Kier molecular flexibility index (Phi) is 6.58. The number of hydrogen-bond donors (Lipinski definition) is 1. The maximum Gasteiger partial charge on any atom is 0.243 e. The van der Waals surface area contributed by atoms with Gasteiger partial charge in [-0.3, -0.25) is 9.10 Å². The van der Waals surface area contributed by atoms with Crippen LogP contribution in [0, 0.1) is 13.8 Å². The van der Waals surface area contributed by atoms with E-state index in [9.17, 15) is 13.2 Å². The fraction of sp³-hybridized carbons (Fsp3) is 0.562. The lowest BCUT2D eigenvalue weighted by molar-refractivity contribution is -0.122. The fourth-order valence-electron chi connectivity index (χ4n) is 2.54. The first-order valence-corrected chi connectivity index (χ1v) is 9.28. The minimum atomic E-state index is -3.60. The number of methoxy groups -OCH3 is 1. The summed E-state index contributed by atoms with van der Waals surface area (Å²) in [5, 5.41) is 2.76. The van der Waals surface area contributed by atoms with Gasteiger partial charge in [0.05, 0.1) is 18.6 Å². The van der Waals surface area contributed by atoms with Gasteiger partial charge < -0.3 is 10.1 Å². The van der Waals surface area contributed by atoms with Crippen LogP contribution in [0.2, 0.25) is 0 Å². The maximum atomic E-state index is 12.4.